The SMILES string of the molecule is CC1(F)CNc2ccccc2C1. The lowest BCUT2D eigenvalue weighted by atomic mass is 9.93. The summed E-state index contributed by atoms with van der Waals surface area (Å²) in [6.45, 7) is 2.06. The third-order valence-corrected chi connectivity index (χ3v) is 2.22. The minimum atomic E-state index is -1.09. The summed E-state index contributed by atoms with van der Waals surface area (Å²) in [5.41, 5.74) is 1.07. The Kier molecular flexibility index (Phi) is 1.56. The molecule has 0 saturated heterocycles. The van der Waals surface area contributed by atoms with Crippen LogP contribution in [-0.2, 0) is 6.42 Å². The molecule has 1 aromatic rings. The van der Waals surface area contributed by atoms with Crippen LogP contribution in [-0.4, -0.2) is 12.2 Å². The topological polar surface area (TPSA) is 12.0 Å². The van der Waals surface area contributed by atoms with Crippen molar-refractivity contribution in [1.82, 2.24) is 0 Å². The van der Waals surface area contributed by atoms with Crippen molar-refractivity contribution < 1.29 is 4.39 Å². The fourth-order valence-electron chi connectivity index (χ4n) is 1.59. The average Bonchev–Trinajstić information content (AvgIpc) is 2.02. The molecule has 1 heterocycles. The first-order valence-corrected chi connectivity index (χ1v) is 4.18. The molecule has 1 aromatic carbocycles. The molecule has 0 radical (unpaired) electrons. The molecule has 2 rings (SSSR count). The zero-order chi connectivity index (χ0) is 8.60. The Hall–Kier alpha value is -1.05. The summed E-state index contributed by atoms with van der Waals surface area (Å²) in [6, 6.07) is 7.87. The van der Waals surface area contributed by atoms with Gasteiger partial charge in [-0.25, -0.2) is 4.39 Å². The maximum atomic E-state index is 13.5. The smallest absolute Gasteiger partial charge is 0.129 e. The Morgan fingerprint density at radius 1 is 1.42 bits per heavy atom. The van der Waals surface area contributed by atoms with Crippen LogP contribution in [0.25, 0.3) is 0 Å². The van der Waals surface area contributed by atoms with Crippen LogP contribution in [0.3, 0.4) is 0 Å². The standard InChI is InChI=1S/C10H12FN/c1-10(11)6-8-4-2-3-5-9(8)12-7-10/h2-5,12H,6-7H2,1H3. The monoisotopic (exact) mass is 165 g/mol. The first-order valence-electron chi connectivity index (χ1n) is 4.18. The van der Waals surface area contributed by atoms with Crippen LogP contribution in [0, 0.1) is 0 Å². The minimum Gasteiger partial charge on any atom is -0.382 e. The van der Waals surface area contributed by atoms with Gasteiger partial charge in [0.05, 0.1) is 0 Å². The summed E-state index contributed by atoms with van der Waals surface area (Å²) in [4.78, 5) is 0. The van der Waals surface area contributed by atoms with Gasteiger partial charge in [-0.05, 0) is 18.6 Å². The van der Waals surface area contributed by atoms with Gasteiger partial charge in [-0.3, -0.25) is 0 Å². The summed E-state index contributed by atoms with van der Waals surface area (Å²) in [6.07, 6.45) is 0.524. The van der Waals surface area contributed by atoms with E-state index in [0.29, 0.717) is 13.0 Å². The number of para-hydroxylation sites is 1. The van der Waals surface area contributed by atoms with Crippen molar-refractivity contribution in [3.05, 3.63) is 29.8 Å². The number of hydrogen-bond acceptors (Lipinski definition) is 1. The first kappa shape index (κ1) is 7.59. The summed E-state index contributed by atoms with van der Waals surface area (Å²) < 4.78 is 13.5. The number of nitrogens with one attached hydrogen (secondary N) is 1. The van der Waals surface area contributed by atoms with Gasteiger partial charge in [-0.1, -0.05) is 18.2 Å². The molecule has 1 nitrogen and oxygen atoms in total. The highest BCUT2D eigenvalue weighted by molar-refractivity contribution is 5.54. The van der Waals surface area contributed by atoms with E-state index in [2.05, 4.69) is 5.32 Å². The molecule has 0 saturated carbocycles. The van der Waals surface area contributed by atoms with Crippen molar-refractivity contribution in [3.63, 3.8) is 0 Å². The summed E-state index contributed by atoms with van der Waals surface area (Å²) >= 11 is 0. The molecule has 1 aliphatic rings. The van der Waals surface area contributed by atoms with Gasteiger partial charge in [0, 0.05) is 18.7 Å². The van der Waals surface area contributed by atoms with Crippen LogP contribution in [0.1, 0.15) is 12.5 Å². The number of benzene rings is 1. The molecule has 0 aromatic heterocycles. The van der Waals surface area contributed by atoms with E-state index in [1.165, 1.54) is 0 Å². The van der Waals surface area contributed by atoms with E-state index in [1.807, 2.05) is 24.3 Å². The van der Waals surface area contributed by atoms with Gasteiger partial charge in [0.2, 0.25) is 0 Å². The molecule has 0 amide bonds. The van der Waals surface area contributed by atoms with Crippen molar-refractivity contribution in [1.29, 1.82) is 0 Å². The van der Waals surface area contributed by atoms with E-state index >= 15 is 0 Å². The Balaban J connectivity index is 2.35. The summed E-state index contributed by atoms with van der Waals surface area (Å²) in [5.74, 6) is 0. The molecule has 12 heavy (non-hydrogen) atoms. The number of halogens is 1. The van der Waals surface area contributed by atoms with Crippen LogP contribution < -0.4 is 5.32 Å². The molecular formula is C10H12FN. The van der Waals surface area contributed by atoms with Gasteiger partial charge in [0.15, 0.2) is 0 Å². The van der Waals surface area contributed by atoms with Crippen LogP contribution >= 0.6 is 0 Å². The number of alkyl halides is 1. The fraction of sp³-hybridized carbons (Fsp3) is 0.400. The lowest BCUT2D eigenvalue weighted by Gasteiger charge is -2.28. The lowest BCUT2D eigenvalue weighted by Crippen LogP contribution is -2.35. The van der Waals surface area contributed by atoms with Gasteiger partial charge in [0.1, 0.15) is 5.67 Å². The molecule has 64 valence electrons. The van der Waals surface area contributed by atoms with E-state index in [9.17, 15) is 4.39 Å². The fourth-order valence-corrected chi connectivity index (χ4v) is 1.59. The number of hydrogen-bond donors (Lipinski definition) is 1. The summed E-state index contributed by atoms with van der Waals surface area (Å²) in [5, 5.41) is 3.08. The minimum absolute atomic E-state index is 0.421. The Morgan fingerprint density at radius 3 is 3.00 bits per heavy atom. The number of anilines is 1. The molecule has 2 heteroatoms. The van der Waals surface area contributed by atoms with E-state index in [4.69, 9.17) is 0 Å². The Bertz CT molecular complexity index is 294. The second kappa shape index (κ2) is 2.47. The van der Waals surface area contributed by atoms with Gasteiger partial charge < -0.3 is 5.32 Å². The van der Waals surface area contributed by atoms with E-state index < -0.39 is 5.67 Å². The van der Waals surface area contributed by atoms with Crippen LogP contribution in [0.4, 0.5) is 10.1 Å². The maximum Gasteiger partial charge on any atom is 0.129 e. The van der Waals surface area contributed by atoms with Crippen molar-refractivity contribution in [2.75, 3.05) is 11.9 Å². The van der Waals surface area contributed by atoms with Gasteiger partial charge in [0.25, 0.3) is 0 Å². The molecule has 1 atom stereocenters. The molecular weight excluding hydrogens is 153 g/mol. The van der Waals surface area contributed by atoms with Gasteiger partial charge in [-0.2, -0.15) is 0 Å². The number of fused-ring (bicyclic) bond motifs is 1. The number of rotatable bonds is 0. The van der Waals surface area contributed by atoms with Crippen LogP contribution in [0.15, 0.2) is 24.3 Å². The molecule has 0 aliphatic carbocycles. The van der Waals surface area contributed by atoms with Gasteiger partial charge in [-0.15, -0.1) is 0 Å². The highest BCUT2D eigenvalue weighted by Gasteiger charge is 2.28. The highest BCUT2D eigenvalue weighted by atomic mass is 19.1. The molecule has 1 aliphatic heterocycles. The van der Waals surface area contributed by atoms with Crippen molar-refractivity contribution in [2.24, 2.45) is 0 Å². The predicted octanol–water partition coefficient (Wildman–Crippen LogP) is 2.38. The normalized spacial score (nSPS) is 27.5. The zero-order valence-electron chi connectivity index (χ0n) is 7.10. The molecule has 1 unspecified atom stereocenters. The third kappa shape index (κ3) is 1.29. The average molecular weight is 165 g/mol. The largest absolute Gasteiger partial charge is 0.382 e. The Morgan fingerprint density at radius 2 is 2.17 bits per heavy atom. The van der Waals surface area contributed by atoms with E-state index in [1.54, 1.807) is 6.92 Å². The van der Waals surface area contributed by atoms with Crippen molar-refractivity contribution in [2.45, 2.75) is 19.0 Å². The van der Waals surface area contributed by atoms with Crippen molar-refractivity contribution in [3.8, 4) is 0 Å². The lowest BCUT2D eigenvalue weighted by molar-refractivity contribution is 0.202. The third-order valence-electron chi connectivity index (χ3n) is 2.22. The van der Waals surface area contributed by atoms with E-state index in [0.717, 1.165) is 11.3 Å². The molecule has 0 spiro atoms. The zero-order valence-corrected chi connectivity index (χ0v) is 7.10. The van der Waals surface area contributed by atoms with Crippen LogP contribution in [0.5, 0.6) is 0 Å². The molecule has 1 N–H and O–H groups in total. The maximum absolute atomic E-state index is 13.5. The highest BCUT2D eigenvalue weighted by Crippen LogP contribution is 2.28. The first-order chi connectivity index (χ1) is 5.67. The second-order valence-electron chi connectivity index (χ2n) is 3.60. The quantitative estimate of drug-likeness (QED) is 0.622. The van der Waals surface area contributed by atoms with E-state index in [-0.39, 0.29) is 0 Å². The second-order valence-corrected chi connectivity index (χ2v) is 3.60. The van der Waals surface area contributed by atoms with Gasteiger partial charge >= 0.3 is 0 Å². The molecule has 0 bridgehead atoms. The Labute approximate surface area is 71.6 Å². The van der Waals surface area contributed by atoms with Crippen molar-refractivity contribution >= 4 is 5.69 Å². The molecule has 0 fully saturated rings. The van der Waals surface area contributed by atoms with Crippen LogP contribution in [0.2, 0.25) is 0 Å². The summed E-state index contributed by atoms with van der Waals surface area (Å²) in [7, 11) is 0. The predicted molar refractivity (Wildman–Crippen MR) is 48.1 cm³/mol.